The van der Waals surface area contributed by atoms with Gasteiger partial charge in [0.15, 0.2) is 11.5 Å². The maximum absolute atomic E-state index is 12.8. The van der Waals surface area contributed by atoms with Crippen LogP contribution in [0.3, 0.4) is 0 Å². The van der Waals surface area contributed by atoms with Gasteiger partial charge in [0.2, 0.25) is 5.91 Å². The van der Waals surface area contributed by atoms with Crippen molar-refractivity contribution in [3.63, 3.8) is 0 Å². The Kier molecular flexibility index (Phi) is 5.86. The number of sulfone groups is 1. The van der Waals surface area contributed by atoms with E-state index in [0.29, 0.717) is 39.9 Å². The summed E-state index contributed by atoms with van der Waals surface area (Å²) in [6, 6.07) is 9.77. The van der Waals surface area contributed by atoms with E-state index in [4.69, 9.17) is 21.1 Å². The fourth-order valence-corrected chi connectivity index (χ4v) is 4.59. The molecule has 0 aromatic heterocycles. The highest BCUT2D eigenvalue weighted by atomic mass is 35.5. The van der Waals surface area contributed by atoms with Crippen LogP contribution in [0.15, 0.2) is 36.4 Å². The first-order valence-corrected chi connectivity index (χ1v) is 11.3. The summed E-state index contributed by atoms with van der Waals surface area (Å²) in [5, 5.41) is 0.496. The summed E-state index contributed by atoms with van der Waals surface area (Å²) in [6.45, 7) is 2.28. The van der Waals surface area contributed by atoms with Gasteiger partial charge in [-0.15, -0.1) is 0 Å². The average Bonchev–Trinajstić information content (AvgIpc) is 2.96. The van der Waals surface area contributed by atoms with Gasteiger partial charge < -0.3 is 14.4 Å². The van der Waals surface area contributed by atoms with Crippen LogP contribution in [-0.2, 0) is 21.1 Å². The molecule has 0 aliphatic carbocycles. The second-order valence-electron chi connectivity index (χ2n) is 6.63. The molecule has 0 saturated heterocycles. The van der Waals surface area contributed by atoms with Crippen molar-refractivity contribution in [2.75, 3.05) is 30.6 Å². The third kappa shape index (κ3) is 4.10. The first-order valence-electron chi connectivity index (χ1n) is 8.83. The fourth-order valence-electron chi connectivity index (χ4n) is 3.44. The average molecular weight is 424 g/mol. The minimum Gasteiger partial charge on any atom is -0.493 e. The molecule has 0 spiro atoms. The molecule has 0 fully saturated rings. The summed E-state index contributed by atoms with van der Waals surface area (Å²) in [5.74, 6) is 0.632. The van der Waals surface area contributed by atoms with Crippen LogP contribution in [0, 0.1) is 0 Å². The number of amides is 1. The lowest BCUT2D eigenvalue weighted by Crippen LogP contribution is -2.35. The molecule has 2 aromatic rings. The van der Waals surface area contributed by atoms with Gasteiger partial charge in [-0.25, -0.2) is 8.42 Å². The number of carbonyl (C=O) groups excluding carboxylic acids is 1. The van der Waals surface area contributed by atoms with Gasteiger partial charge in [0.05, 0.1) is 31.9 Å². The van der Waals surface area contributed by atoms with E-state index in [1.54, 1.807) is 36.4 Å². The van der Waals surface area contributed by atoms with E-state index in [2.05, 4.69) is 0 Å². The Bertz CT molecular complexity index is 1010. The Labute approximate surface area is 169 Å². The number of hydrogen-bond acceptors (Lipinski definition) is 5. The summed E-state index contributed by atoms with van der Waals surface area (Å²) >= 11 is 6.26. The third-order valence-corrected chi connectivity index (χ3v) is 5.87. The second kappa shape index (κ2) is 8.01. The summed E-state index contributed by atoms with van der Waals surface area (Å²) in [5.41, 5.74) is 2.00. The van der Waals surface area contributed by atoms with E-state index in [0.717, 1.165) is 6.26 Å². The number of ether oxygens (including phenoxy) is 2. The molecular weight excluding hydrogens is 402 g/mol. The Hall–Kier alpha value is -2.25. The van der Waals surface area contributed by atoms with E-state index < -0.39 is 15.9 Å². The minimum absolute atomic E-state index is 0.143. The molecule has 2 aromatic carbocycles. The van der Waals surface area contributed by atoms with Gasteiger partial charge in [0.1, 0.15) is 9.84 Å². The molecular formula is C20H22ClNO5S. The molecule has 0 N–H and O–H groups in total. The molecule has 8 heteroatoms. The Morgan fingerprint density at radius 3 is 2.61 bits per heavy atom. The first kappa shape index (κ1) is 20.5. The molecule has 1 aliphatic rings. The number of hydrogen-bond donors (Lipinski definition) is 0. The van der Waals surface area contributed by atoms with Crippen molar-refractivity contribution in [2.45, 2.75) is 19.4 Å². The maximum atomic E-state index is 12.8. The normalized spacial score (nSPS) is 14.7. The van der Waals surface area contributed by atoms with E-state index >= 15 is 0 Å². The standard InChI is InChI=1S/C20H22ClNO5S/c1-4-27-19-10-13(8-9-18(19)26-2)17(12-28(3,24)25)22-16-7-5-6-15(21)14(16)11-20(22)23/h5-10,17H,4,11-12H2,1-3H3/t17-/m0/s1. The van der Waals surface area contributed by atoms with Gasteiger partial charge >= 0.3 is 0 Å². The van der Waals surface area contributed by atoms with Crippen molar-refractivity contribution in [1.29, 1.82) is 0 Å². The molecule has 6 nitrogen and oxygen atoms in total. The molecule has 1 heterocycles. The molecule has 0 unspecified atom stereocenters. The van der Waals surface area contributed by atoms with Crippen LogP contribution in [0.5, 0.6) is 11.5 Å². The lowest BCUT2D eigenvalue weighted by molar-refractivity contribution is -0.117. The monoisotopic (exact) mass is 423 g/mol. The van der Waals surface area contributed by atoms with Crippen LogP contribution in [0.4, 0.5) is 5.69 Å². The summed E-state index contributed by atoms with van der Waals surface area (Å²) < 4.78 is 35.3. The van der Waals surface area contributed by atoms with Crippen molar-refractivity contribution in [2.24, 2.45) is 0 Å². The van der Waals surface area contributed by atoms with E-state index in [-0.39, 0.29) is 18.1 Å². The lowest BCUT2D eigenvalue weighted by atomic mass is 10.1. The van der Waals surface area contributed by atoms with Crippen LogP contribution in [-0.4, -0.2) is 40.1 Å². The quantitative estimate of drug-likeness (QED) is 0.682. The zero-order valence-electron chi connectivity index (χ0n) is 15.9. The van der Waals surface area contributed by atoms with Crippen molar-refractivity contribution in [3.05, 3.63) is 52.5 Å². The van der Waals surface area contributed by atoms with Crippen LogP contribution in [0.2, 0.25) is 5.02 Å². The zero-order chi connectivity index (χ0) is 20.5. The largest absolute Gasteiger partial charge is 0.493 e. The topological polar surface area (TPSA) is 72.9 Å². The molecule has 150 valence electrons. The maximum Gasteiger partial charge on any atom is 0.232 e. The Morgan fingerprint density at radius 1 is 1.21 bits per heavy atom. The fraction of sp³-hybridized carbons (Fsp3) is 0.350. The SMILES string of the molecule is CCOc1cc([C@H](CS(C)(=O)=O)N2C(=O)Cc3c(Cl)cccc32)ccc1OC. The number of halogens is 1. The van der Waals surface area contributed by atoms with Gasteiger partial charge in [0, 0.05) is 22.5 Å². The van der Waals surface area contributed by atoms with Crippen molar-refractivity contribution in [3.8, 4) is 11.5 Å². The van der Waals surface area contributed by atoms with Crippen molar-refractivity contribution >= 4 is 33.0 Å². The van der Waals surface area contributed by atoms with Gasteiger partial charge in [-0.2, -0.15) is 0 Å². The van der Waals surface area contributed by atoms with Crippen LogP contribution in [0.1, 0.15) is 24.1 Å². The number of nitrogens with zero attached hydrogens (tertiary/aromatic N) is 1. The molecule has 28 heavy (non-hydrogen) atoms. The van der Waals surface area contributed by atoms with Crippen LogP contribution >= 0.6 is 11.6 Å². The lowest BCUT2D eigenvalue weighted by Gasteiger charge is -2.29. The molecule has 0 saturated carbocycles. The van der Waals surface area contributed by atoms with Gasteiger partial charge in [-0.05, 0) is 36.8 Å². The highest BCUT2D eigenvalue weighted by molar-refractivity contribution is 7.90. The zero-order valence-corrected chi connectivity index (χ0v) is 17.5. The molecule has 3 rings (SSSR count). The predicted molar refractivity (Wildman–Crippen MR) is 109 cm³/mol. The van der Waals surface area contributed by atoms with Crippen molar-refractivity contribution in [1.82, 2.24) is 0 Å². The number of anilines is 1. The van der Waals surface area contributed by atoms with E-state index in [1.165, 1.54) is 12.0 Å². The number of methoxy groups -OCH3 is 1. The molecule has 1 amide bonds. The van der Waals surface area contributed by atoms with Crippen LogP contribution in [0.25, 0.3) is 0 Å². The number of benzene rings is 2. The van der Waals surface area contributed by atoms with Crippen LogP contribution < -0.4 is 14.4 Å². The summed E-state index contributed by atoms with van der Waals surface area (Å²) in [7, 11) is -1.85. The summed E-state index contributed by atoms with van der Waals surface area (Å²) in [6.07, 6.45) is 1.30. The number of fused-ring (bicyclic) bond motifs is 1. The second-order valence-corrected chi connectivity index (χ2v) is 9.22. The van der Waals surface area contributed by atoms with E-state index in [9.17, 15) is 13.2 Å². The smallest absolute Gasteiger partial charge is 0.232 e. The molecule has 0 bridgehead atoms. The van der Waals surface area contributed by atoms with Gasteiger partial charge in [0.25, 0.3) is 0 Å². The predicted octanol–water partition coefficient (Wildman–Crippen LogP) is 3.42. The summed E-state index contributed by atoms with van der Waals surface area (Å²) in [4.78, 5) is 14.4. The van der Waals surface area contributed by atoms with Gasteiger partial charge in [-0.1, -0.05) is 23.7 Å². The third-order valence-electron chi connectivity index (χ3n) is 4.59. The minimum atomic E-state index is -3.38. The molecule has 0 radical (unpaired) electrons. The van der Waals surface area contributed by atoms with Gasteiger partial charge in [-0.3, -0.25) is 4.79 Å². The Balaban J connectivity index is 2.13. The first-order chi connectivity index (χ1) is 13.2. The highest BCUT2D eigenvalue weighted by Gasteiger charge is 2.37. The number of carbonyl (C=O) groups is 1. The molecule has 1 atom stereocenters. The Morgan fingerprint density at radius 2 is 1.96 bits per heavy atom. The van der Waals surface area contributed by atoms with Crippen molar-refractivity contribution < 1.29 is 22.7 Å². The molecule has 1 aliphatic heterocycles. The highest BCUT2D eigenvalue weighted by Crippen LogP contribution is 2.41. The van der Waals surface area contributed by atoms with E-state index in [1.807, 2.05) is 6.92 Å². The number of rotatable bonds is 7.